The van der Waals surface area contributed by atoms with E-state index in [0.29, 0.717) is 36.1 Å². The molecular weight excluding hydrogens is 340 g/mol. The molecule has 1 unspecified atom stereocenters. The van der Waals surface area contributed by atoms with Crippen molar-refractivity contribution in [2.75, 3.05) is 38.3 Å². The molecular formula is C14H21ClN4O3S. The molecule has 1 saturated heterocycles. The first-order chi connectivity index (χ1) is 10.8. The van der Waals surface area contributed by atoms with Gasteiger partial charge in [0.15, 0.2) is 5.96 Å². The summed E-state index contributed by atoms with van der Waals surface area (Å²) < 4.78 is 29.5. The Kier molecular flexibility index (Phi) is 5.72. The topological polar surface area (TPSA) is 97.0 Å². The fourth-order valence-corrected chi connectivity index (χ4v) is 3.58. The number of sulfonamides is 1. The van der Waals surface area contributed by atoms with Crippen LogP contribution in [0, 0.1) is 5.92 Å². The van der Waals surface area contributed by atoms with Gasteiger partial charge in [0, 0.05) is 25.3 Å². The van der Waals surface area contributed by atoms with Crippen LogP contribution in [0.2, 0.25) is 5.02 Å². The molecule has 0 amide bonds. The highest BCUT2D eigenvalue weighted by Crippen LogP contribution is 2.27. The molecule has 23 heavy (non-hydrogen) atoms. The Morgan fingerprint density at radius 1 is 1.57 bits per heavy atom. The zero-order valence-electron chi connectivity index (χ0n) is 13.1. The zero-order chi connectivity index (χ0) is 17.0. The van der Waals surface area contributed by atoms with Gasteiger partial charge < -0.3 is 15.8 Å². The third-order valence-electron chi connectivity index (χ3n) is 3.66. The van der Waals surface area contributed by atoms with Crippen molar-refractivity contribution in [3.05, 3.63) is 23.2 Å². The zero-order valence-corrected chi connectivity index (χ0v) is 14.7. The van der Waals surface area contributed by atoms with E-state index in [1.807, 2.05) is 0 Å². The predicted molar refractivity (Wildman–Crippen MR) is 92.6 cm³/mol. The minimum absolute atomic E-state index is 0.185. The van der Waals surface area contributed by atoms with Crippen LogP contribution < -0.4 is 15.8 Å². The smallest absolute Gasteiger partial charge is 0.211 e. The Morgan fingerprint density at radius 3 is 2.87 bits per heavy atom. The Morgan fingerprint density at radius 2 is 2.30 bits per heavy atom. The van der Waals surface area contributed by atoms with Gasteiger partial charge in [-0.2, -0.15) is 0 Å². The van der Waals surface area contributed by atoms with Crippen LogP contribution in [0.15, 0.2) is 23.2 Å². The summed E-state index contributed by atoms with van der Waals surface area (Å²) in [5.74, 6) is 1.04. The van der Waals surface area contributed by atoms with Crippen molar-refractivity contribution in [1.29, 1.82) is 0 Å². The van der Waals surface area contributed by atoms with Crippen LogP contribution in [0.5, 0.6) is 5.75 Å². The molecule has 0 bridgehead atoms. The maximum atomic E-state index is 11.5. The van der Waals surface area contributed by atoms with Gasteiger partial charge in [0.25, 0.3) is 0 Å². The fourth-order valence-electron chi connectivity index (χ4n) is 2.41. The molecule has 1 aliphatic heterocycles. The molecule has 1 aromatic carbocycles. The van der Waals surface area contributed by atoms with E-state index in [-0.39, 0.29) is 11.9 Å². The second-order valence-corrected chi connectivity index (χ2v) is 7.87. The molecule has 1 heterocycles. The number of methoxy groups -OCH3 is 1. The Labute approximate surface area is 141 Å². The van der Waals surface area contributed by atoms with Crippen molar-refractivity contribution in [3.8, 4) is 5.75 Å². The number of hydrogen-bond donors (Lipinski definition) is 2. The summed E-state index contributed by atoms with van der Waals surface area (Å²) in [4.78, 5) is 4.28. The lowest BCUT2D eigenvalue weighted by Crippen LogP contribution is -2.28. The number of anilines is 1. The average molecular weight is 361 g/mol. The fraction of sp³-hybridized carbons (Fsp3) is 0.500. The minimum Gasteiger partial charge on any atom is -0.495 e. The maximum Gasteiger partial charge on any atom is 0.211 e. The maximum absolute atomic E-state index is 11.5. The summed E-state index contributed by atoms with van der Waals surface area (Å²) in [7, 11) is -1.58. The van der Waals surface area contributed by atoms with Gasteiger partial charge in [-0.05, 0) is 30.5 Å². The second kappa shape index (κ2) is 7.37. The molecule has 1 fully saturated rings. The van der Waals surface area contributed by atoms with Gasteiger partial charge in [-0.25, -0.2) is 12.7 Å². The van der Waals surface area contributed by atoms with Crippen LogP contribution in [0.1, 0.15) is 6.42 Å². The quantitative estimate of drug-likeness (QED) is 0.610. The highest BCUT2D eigenvalue weighted by atomic mass is 35.5. The highest BCUT2D eigenvalue weighted by Gasteiger charge is 2.28. The number of ether oxygens (including phenoxy) is 1. The van der Waals surface area contributed by atoms with Gasteiger partial charge >= 0.3 is 0 Å². The lowest BCUT2D eigenvalue weighted by Gasteiger charge is -2.12. The van der Waals surface area contributed by atoms with Crippen molar-refractivity contribution in [2.24, 2.45) is 16.6 Å². The molecule has 0 aromatic heterocycles. The van der Waals surface area contributed by atoms with Gasteiger partial charge in [-0.3, -0.25) is 4.99 Å². The summed E-state index contributed by atoms with van der Waals surface area (Å²) >= 11 is 6.04. The monoisotopic (exact) mass is 360 g/mol. The summed E-state index contributed by atoms with van der Waals surface area (Å²) in [6.45, 7) is 1.51. The summed E-state index contributed by atoms with van der Waals surface area (Å²) in [5, 5.41) is 3.43. The molecule has 2 rings (SSSR count). The van der Waals surface area contributed by atoms with Crippen molar-refractivity contribution in [2.45, 2.75) is 6.42 Å². The van der Waals surface area contributed by atoms with Crippen LogP contribution in [0.25, 0.3) is 0 Å². The lowest BCUT2D eigenvalue weighted by molar-refractivity contribution is 0.415. The number of rotatable bonds is 5. The number of hydrogen-bond acceptors (Lipinski definition) is 4. The van der Waals surface area contributed by atoms with Crippen molar-refractivity contribution >= 4 is 33.3 Å². The number of guanidine groups is 1. The van der Waals surface area contributed by atoms with Gasteiger partial charge in [0.1, 0.15) is 5.75 Å². The number of nitrogens with one attached hydrogen (secondary N) is 1. The molecule has 0 spiro atoms. The Balaban J connectivity index is 1.90. The van der Waals surface area contributed by atoms with E-state index in [2.05, 4.69) is 10.3 Å². The molecule has 3 N–H and O–H groups in total. The summed E-state index contributed by atoms with van der Waals surface area (Å²) in [6, 6.07) is 5.22. The van der Waals surface area contributed by atoms with Gasteiger partial charge in [0.05, 0.1) is 18.4 Å². The first-order valence-corrected chi connectivity index (χ1v) is 9.38. The number of nitrogens with two attached hydrogens (primary N) is 1. The number of aliphatic imine (C=N–C) groups is 1. The van der Waals surface area contributed by atoms with Crippen LogP contribution in [0.4, 0.5) is 5.69 Å². The van der Waals surface area contributed by atoms with Crippen LogP contribution in [-0.4, -0.2) is 51.7 Å². The van der Waals surface area contributed by atoms with Crippen LogP contribution in [0.3, 0.4) is 0 Å². The van der Waals surface area contributed by atoms with E-state index in [9.17, 15) is 8.42 Å². The average Bonchev–Trinajstić information content (AvgIpc) is 2.94. The van der Waals surface area contributed by atoms with Gasteiger partial charge in [0.2, 0.25) is 10.0 Å². The summed E-state index contributed by atoms with van der Waals surface area (Å²) in [5.41, 5.74) is 6.57. The highest BCUT2D eigenvalue weighted by molar-refractivity contribution is 7.88. The van der Waals surface area contributed by atoms with E-state index in [1.54, 1.807) is 25.3 Å². The molecule has 0 saturated carbocycles. The molecule has 9 heteroatoms. The van der Waals surface area contributed by atoms with Crippen LogP contribution >= 0.6 is 11.6 Å². The van der Waals surface area contributed by atoms with E-state index in [4.69, 9.17) is 22.1 Å². The molecule has 1 aliphatic rings. The molecule has 7 nitrogen and oxygen atoms in total. The predicted octanol–water partition coefficient (Wildman–Crippen LogP) is 1.36. The molecule has 1 aromatic rings. The van der Waals surface area contributed by atoms with E-state index < -0.39 is 10.0 Å². The number of nitrogens with zero attached hydrogens (tertiary/aromatic N) is 2. The minimum atomic E-state index is -3.12. The normalized spacial score (nSPS) is 19.8. The van der Waals surface area contributed by atoms with E-state index in [1.165, 1.54) is 10.6 Å². The van der Waals surface area contributed by atoms with Crippen molar-refractivity contribution < 1.29 is 13.2 Å². The second-order valence-electron chi connectivity index (χ2n) is 5.48. The summed E-state index contributed by atoms with van der Waals surface area (Å²) in [6.07, 6.45) is 2.01. The third-order valence-corrected chi connectivity index (χ3v) is 5.23. The van der Waals surface area contributed by atoms with E-state index >= 15 is 0 Å². The van der Waals surface area contributed by atoms with Crippen LogP contribution in [-0.2, 0) is 10.0 Å². The largest absolute Gasteiger partial charge is 0.495 e. The standard InChI is InChI=1S/C14H21ClN4O3S/c1-22-13-4-3-11(7-12(13)15)18-14(16)17-8-10-5-6-19(9-10)23(2,20)21/h3-4,7,10H,5-6,8-9H2,1-2H3,(H3,16,17,18). The Bertz CT molecular complexity index is 693. The molecule has 128 valence electrons. The molecule has 0 aliphatic carbocycles. The van der Waals surface area contributed by atoms with Gasteiger partial charge in [-0.15, -0.1) is 0 Å². The number of benzene rings is 1. The lowest BCUT2D eigenvalue weighted by atomic mass is 10.1. The molecule has 0 radical (unpaired) electrons. The SMILES string of the molecule is COc1ccc(NC(N)=NCC2CCN(S(C)(=O)=O)C2)cc1Cl. The number of halogens is 1. The third kappa shape index (κ3) is 4.98. The van der Waals surface area contributed by atoms with Crippen molar-refractivity contribution in [3.63, 3.8) is 0 Å². The first-order valence-electron chi connectivity index (χ1n) is 7.15. The first kappa shape index (κ1) is 17.8. The molecule has 1 atom stereocenters. The van der Waals surface area contributed by atoms with Gasteiger partial charge in [-0.1, -0.05) is 11.6 Å². The Hall–Kier alpha value is -1.51. The van der Waals surface area contributed by atoms with Crippen molar-refractivity contribution in [1.82, 2.24) is 4.31 Å². The van der Waals surface area contributed by atoms with E-state index in [0.717, 1.165) is 6.42 Å².